The van der Waals surface area contributed by atoms with E-state index in [1.807, 2.05) is 0 Å². The van der Waals surface area contributed by atoms with Gasteiger partial charge >= 0.3 is 18.1 Å². The van der Waals surface area contributed by atoms with E-state index in [2.05, 4.69) is 0 Å². The minimum Gasteiger partial charge on any atom is -0.480 e. The number of halogens is 3. The zero-order chi connectivity index (χ0) is 17.1. The summed E-state index contributed by atoms with van der Waals surface area (Å²) in [5, 5.41) is 9.68. The van der Waals surface area contributed by atoms with Crippen molar-refractivity contribution in [3.8, 4) is 0 Å². The number of hydrogen-bond donors (Lipinski definition) is 2. The van der Waals surface area contributed by atoms with Gasteiger partial charge < -0.3 is 10.4 Å². The predicted molar refractivity (Wildman–Crippen MR) is 59.5 cm³/mol. The van der Waals surface area contributed by atoms with Crippen LogP contribution in [-0.2, 0) is 24.0 Å². The van der Waals surface area contributed by atoms with Crippen molar-refractivity contribution in [1.29, 1.82) is 0 Å². The molecule has 4 amide bonds. The highest BCUT2D eigenvalue weighted by Crippen LogP contribution is 2.23. The molecule has 0 atom stereocenters. The Morgan fingerprint density at radius 3 is 2.09 bits per heavy atom. The van der Waals surface area contributed by atoms with Crippen LogP contribution in [0.5, 0.6) is 0 Å². The first-order valence-electron chi connectivity index (χ1n) is 5.77. The summed E-state index contributed by atoms with van der Waals surface area (Å²) in [6.07, 6.45) is -6.20. The second-order valence-electron chi connectivity index (χ2n) is 4.13. The molecule has 0 aromatic carbocycles. The van der Waals surface area contributed by atoms with Crippen LogP contribution in [-0.4, -0.2) is 64.0 Å². The van der Waals surface area contributed by atoms with E-state index >= 15 is 0 Å². The number of carboxylic acid groups (broad SMARTS) is 1. The molecule has 1 fully saturated rings. The highest BCUT2D eigenvalue weighted by atomic mass is 19.4. The van der Waals surface area contributed by atoms with Gasteiger partial charge in [-0.3, -0.25) is 24.0 Å². The quantitative estimate of drug-likeness (QED) is 0.602. The zero-order valence-corrected chi connectivity index (χ0v) is 10.8. The van der Waals surface area contributed by atoms with Crippen LogP contribution in [0.4, 0.5) is 13.2 Å². The summed E-state index contributed by atoms with van der Waals surface area (Å²) in [5.74, 6) is -7.44. The van der Waals surface area contributed by atoms with Gasteiger partial charge in [0.05, 0.1) is 0 Å². The number of alkyl halides is 3. The number of hydrazine groups is 1. The fourth-order valence-electron chi connectivity index (χ4n) is 1.58. The minimum absolute atomic E-state index is 0.0455. The van der Waals surface area contributed by atoms with Crippen LogP contribution in [0.25, 0.3) is 0 Å². The standard InChI is InChI=1S/C10H10F3N3O6/c11-10(12,13)9(22)15(4-5(17)14-3-8(20)21)16-6(18)1-2-7(16)19/h1-4H2,(H,14,17)(H,20,21). The lowest BCUT2D eigenvalue weighted by atomic mass is 10.4. The van der Waals surface area contributed by atoms with E-state index in [1.54, 1.807) is 5.32 Å². The van der Waals surface area contributed by atoms with Gasteiger partial charge in [0.1, 0.15) is 13.1 Å². The number of amides is 4. The first kappa shape index (κ1) is 17.4. The van der Waals surface area contributed by atoms with Crippen molar-refractivity contribution in [2.24, 2.45) is 0 Å². The average molecular weight is 325 g/mol. The lowest BCUT2D eigenvalue weighted by Crippen LogP contribution is -2.56. The van der Waals surface area contributed by atoms with Crippen molar-refractivity contribution >= 4 is 29.6 Å². The molecule has 12 heteroatoms. The molecule has 0 saturated carbocycles. The van der Waals surface area contributed by atoms with Crippen LogP contribution in [0.3, 0.4) is 0 Å². The van der Waals surface area contributed by atoms with E-state index in [1.165, 1.54) is 0 Å². The summed E-state index contributed by atoms with van der Waals surface area (Å²) in [6.45, 7) is -2.21. The monoisotopic (exact) mass is 325 g/mol. The van der Waals surface area contributed by atoms with Gasteiger partial charge in [-0.25, -0.2) is 5.01 Å². The van der Waals surface area contributed by atoms with E-state index in [0.29, 0.717) is 0 Å². The van der Waals surface area contributed by atoms with E-state index in [0.717, 1.165) is 0 Å². The summed E-state index contributed by atoms with van der Waals surface area (Å²) in [4.78, 5) is 55.7. The van der Waals surface area contributed by atoms with Crippen molar-refractivity contribution in [3.05, 3.63) is 0 Å². The molecule has 1 saturated heterocycles. The van der Waals surface area contributed by atoms with Gasteiger partial charge in [0.25, 0.3) is 0 Å². The van der Waals surface area contributed by atoms with Crippen LogP contribution in [0, 0.1) is 0 Å². The smallest absolute Gasteiger partial charge is 0.473 e. The Morgan fingerprint density at radius 1 is 1.18 bits per heavy atom. The maximum Gasteiger partial charge on any atom is 0.473 e. The van der Waals surface area contributed by atoms with Crippen LogP contribution in [0.2, 0.25) is 0 Å². The summed E-state index contributed by atoms with van der Waals surface area (Å²) in [6, 6.07) is 0. The molecule has 0 spiro atoms. The normalized spacial score (nSPS) is 15.0. The van der Waals surface area contributed by atoms with Crippen molar-refractivity contribution < 1.29 is 42.3 Å². The maximum absolute atomic E-state index is 12.5. The molecule has 1 rings (SSSR count). The van der Waals surface area contributed by atoms with Gasteiger partial charge in [-0.2, -0.15) is 18.2 Å². The largest absolute Gasteiger partial charge is 0.480 e. The van der Waals surface area contributed by atoms with E-state index in [9.17, 15) is 37.1 Å². The first-order valence-corrected chi connectivity index (χ1v) is 5.77. The topological polar surface area (TPSA) is 124 Å². The Bertz CT molecular complexity index is 516. The molecule has 0 aromatic rings. The molecule has 0 unspecified atom stereocenters. The average Bonchev–Trinajstić information content (AvgIpc) is 2.71. The molecular weight excluding hydrogens is 315 g/mol. The molecule has 122 valence electrons. The van der Waals surface area contributed by atoms with Gasteiger partial charge in [0, 0.05) is 12.8 Å². The van der Waals surface area contributed by atoms with Crippen molar-refractivity contribution in [2.45, 2.75) is 19.0 Å². The number of imide groups is 1. The predicted octanol–water partition coefficient (Wildman–Crippen LogP) is -1.36. The number of nitrogens with one attached hydrogen (secondary N) is 1. The van der Waals surface area contributed by atoms with E-state index in [4.69, 9.17) is 5.11 Å². The number of nitrogens with zero attached hydrogens (tertiary/aromatic N) is 2. The first-order chi connectivity index (χ1) is 10.0. The third-order valence-electron chi connectivity index (χ3n) is 2.47. The van der Waals surface area contributed by atoms with Crippen molar-refractivity contribution in [3.63, 3.8) is 0 Å². The van der Waals surface area contributed by atoms with Gasteiger partial charge in [0.15, 0.2) is 0 Å². The molecule has 0 radical (unpaired) electrons. The summed E-state index contributed by atoms with van der Waals surface area (Å²) in [5.41, 5.74) is 0. The SMILES string of the molecule is O=C(O)CNC(=O)CN(C(=O)C(F)(F)F)N1C(=O)CCC1=O. The molecule has 2 N–H and O–H groups in total. The fourth-order valence-corrected chi connectivity index (χ4v) is 1.58. The number of carboxylic acids is 1. The second kappa shape index (κ2) is 6.41. The summed E-state index contributed by atoms with van der Waals surface area (Å²) < 4.78 is 37.5. The number of carbonyl (C=O) groups is 5. The van der Waals surface area contributed by atoms with Crippen LogP contribution < -0.4 is 5.32 Å². The number of rotatable bonds is 5. The molecule has 1 aliphatic heterocycles. The van der Waals surface area contributed by atoms with Crippen molar-refractivity contribution in [1.82, 2.24) is 15.3 Å². The summed E-state index contributed by atoms with van der Waals surface area (Å²) in [7, 11) is 0. The Hall–Kier alpha value is -2.66. The Balaban J connectivity index is 2.95. The second-order valence-corrected chi connectivity index (χ2v) is 4.13. The highest BCUT2D eigenvalue weighted by molar-refractivity contribution is 6.04. The van der Waals surface area contributed by atoms with Gasteiger partial charge in [-0.1, -0.05) is 0 Å². The van der Waals surface area contributed by atoms with Crippen LogP contribution in [0.1, 0.15) is 12.8 Å². The van der Waals surface area contributed by atoms with Gasteiger partial charge in [-0.15, -0.1) is 0 Å². The summed E-state index contributed by atoms with van der Waals surface area (Å²) >= 11 is 0. The lowest BCUT2D eigenvalue weighted by Gasteiger charge is -2.29. The maximum atomic E-state index is 12.5. The molecule has 22 heavy (non-hydrogen) atoms. The molecular formula is C10H10F3N3O6. The molecule has 0 bridgehead atoms. The molecule has 1 heterocycles. The van der Waals surface area contributed by atoms with E-state index < -0.39 is 61.7 Å². The van der Waals surface area contributed by atoms with Gasteiger partial charge in [0.2, 0.25) is 17.7 Å². The Morgan fingerprint density at radius 2 is 1.68 bits per heavy atom. The van der Waals surface area contributed by atoms with Gasteiger partial charge in [-0.05, 0) is 0 Å². The lowest BCUT2D eigenvalue weighted by molar-refractivity contribution is -0.203. The number of carbonyl (C=O) groups excluding carboxylic acids is 4. The molecule has 1 aliphatic rings. The van der Waals surface area contributed by atoms with Crippen molar-refractivity contribution in [2.75, 3.05) is 13.1 Å². The number of hydrogen-bond acceptors (Lipinski definition) is 5. The van der Waals surface area contributed by atoms with Crippen LogP contribution in [0.15, 0.2) is 0 Å². The Kier molecular flexibility index (Phi) is 5.06. The Labute approximate surface area is 120 Å². The molecule has 0 aromatic heterocycles. The number of aliphatic carboxylic acids is 1. The zero-order valence-electron chi connectivity index (χ0n) is 10.8. The van der Waals surface area contributed by atoms with Crippen LogP contribution >= 0.6 is 0 Å². The molecule has 9 nitrogen and oxygen atoms in total. The highest BCUT2D eigenvalue weighted by Gasteiger charge is 2.48. The fraction of sp³-hybridized carbons (Fsp3) is 0.500. The van der Waals surface area contributed by atoms with E-state index in [-0.39, 0.29) is 10.0 Å². The third kappa shape index (κ3) is 4.17. The minimum atomic E-state index is -5.42. The third-order valence-corrected chi connectivity index (χ3v) is 2.47. The molecule has 0 aliphatic carbocycles.